The van der Waals surface area contributed by atoms with E-state index in [9.17, 15) is 9.18 Å². The van der Waals surface area contributed by atoms with Gasteiger partial charge in [-0.25, -0.2) is 4.39 Å². The monoisotopic (exact) mass is 311 g/mol. The van der Waals surface area contributed by atoms with E-state index >= 15 is 0 Å². The topological polar surface area (TPSA) is 86.0 Å². The summed E-state index contributed by atoms with van der Waals surface area (Å²) in [4.78, 5) is 11.0. The Balaban J connectivity index is 2.26. The first-order valence-corrected chi connectivity index (χ1v) is 6.79. The fourth-order valence-corrected chi connectivity index (χ4v) is 1.91. The second-order valence-electron chi connectivity index (χ2n) is 4.80. The van der Waals surface area contributed by atoms with E-state index in [4.69, 9.17) is 15.4 Å². The zero-order valence-corrected chi connectivity index (χ0v) is 12.4. The molecule has 0 heterocycles. The third-order valence-corrected chi connectivity index (χ3v) is 3.00. The van der Waals surface area contributed by atoms with Crippen LogP contribution in [0.5, 0.6) is 11.5 Å². The number of rotatable bonds is 6. The number of nitrogens with zero attached hydrogens (tertiary/aromatic N) is 1. The van der Waals surface area contributed by atoms with Crippen molar-refractivity contribution in [1.29, 1.82) is 10.7 Å². The molecule has 2 aromatic carbocycles. The second-order valence-corrected chi connectivity index (χ2v) is 4.80. The summed E-state index contributed by atoms with van der Waals surface area (Å²) in [6.07, 6.45) is 1.13. The van der Waals surface area contributed by atoms with Gasteiger partial charge in [-0.2, -0.15) is 5.26 Å². The van der Waals surface area contributed by atoms with Crippen LogP contribution in [-0.4, -0.2) is 18.5 Å². The smallest absolute Gasteiger partial charge is 0.148 e. The lowest BCUT2D eigenvalue weighted by Crippen LogP contribution is -2.11. The Morgan fingerprint density at radius 3 is 2.83 bits per heavy atom. The normalized spacial score (nSPS) is 9.78. The van der Waals surface area contributed by atoms with Crippen LogP contribution in [-0.2, 0) is 4.79 Å². The molecule has 0 saturated heterocycles. The van der Waals surface area contributed by atoms with Gasteiger partial charge in [0.25, 0.3) is 0 Å². The van der Waals surface area contributed by atoms with E-state index in [1.165, 1.54) is 19.1 Å². The van der Waals surface area contributed by atoms with Gasteiger partial charge in [-0.05, 0) is 43.3 Å². The van der Waals surface area contributed by atoms with Gasteiger partial charge in [-0.15, -0.1) is 0 Å². The summed E-state index contributed by atoms with van der Waals surface area (Å²) in [6.45, 7) is 1.63. The van der Waals surface area contributed by atoms with Crippen LogP contribution < -0.4 is 10.1 Å². The van der Waals surface area contributed by atoms with E-state index in [-0.39, 0.29) is 23.6 Å². The van der Waals surface area contributed by atoms with E-state index in [2.05, 4.69) is 5.32 Å². The maximum atomic E-state index is 13.1. The highest BCUT2D eigenvalue weighted by Gasteiger charge is 2.08. The molecule has 0 aromatic heterocycles. The van der Waals surface area contributed by atoms with Gasteiger partial charge in [0.1, 0.15) is 29.2 Å². The fraction of sp³-hybridized carbons (Fsp3) is 0.118. The molecule has 2 aromatic rings. The first kappa shape index (κ1) is 16.2. The highest BCUT2D eigenvalue weighted by atomic mass is 19.1. The molecule has 23 heavy (non-hydrogen) atoms. The summed E-state index contributed by atoms with van der Waals surface area (Å²) in [5, 5.41) is 19.4. The molecule has 116 valence electrons. The number of ether oxygens (including phenoxy) is 1. The van der Waals surface area contributed by atoms with E-state index in [0.717, 1.165) is 12.3 Å². The minimum Gasteiger partial charge on any atom is -0.456 e. The molecule has 6 heteroatoms. The molecular weight excluding hydrogens is 297 g/mol. The van der Waals surface area contributed by atoms with Crippen molar-refractivity contribution in [3.8, 4) is 17.6 Å². The number of halogens is 1. The number of nitriles is 1. The largest absolute Gasteiger partial charge is 0.456 e. The molecule has 0 radical (unpaired) electrons. The first-order chi connectivity index (χ1) is 11.0. The van der Waals surface area contributed by atoms with Crippen molar-refractivity contribution in [2.75, 3.05) is 11.9 Å². The summed E-state index contributed by atoms with van der Waals surface area (Å²) in [7, 11) is 0. The number of hydrogen-bond acceptors (Lipinski definition) is 5. The second kappa shape index (κ2) is 7.18. The maximum absolute atomic E-state index is 13.1. The number of nitrogens with one attached hydrogen (secondary N) is 2. The van der Waals surface area contributed by atoms with Gasteiger partial charge in [-0.1, -0.05) is 0 Å². The van der Waals surface area contributed by atoms with Gasteiger partial charge >= 0.3 is 0 Å². The minimum absolute atomic E-state index is 0.0220. The van der Waals surface area contributed by atoms with Crippen LogP contribution in [0.1, 0.15) is 18.1 Å². The van der Waals surface area contributed by atoms with Crippen LogP contribution in [0.25, 0.3) is 0 Å². The number of ketones is 1. The molecule has 5 nitrogen and oxygen atoms in total. The van der Waals surface area contributed by atoms with Crippen LogP contribution in [0, 0.1) is 22.6 Å². The van der Waals surface area contributed by atoms with Crippen molar-refractivity contribution in [2.24, 2.45) is 0 Å². The van der Waals surface area contributed by atoms with Crippen LogP contribution in [0.3, 0.4) is 0 Å². The van der Waals surface area contributed by atoms with Gasteiger partial charge in [0.05, 0.1) is 12.1 Å². The Bertz CT molecular complexity index is 797. The molecule has 0 spiro atoms. The van der Waals surface area contributed by atoms with Gasteiger partial charge in [0, 0.05) is 17.5 Å². The number of benzene rings is 2. The molecule has 0 fully saturated rings. The summed E-state index contributed by atoms with van der Waals surface area (Å²) in [5.41, 5.74) is 1.24. The van der Waals surface area contributed by atoms with E-state index in [1.54, 1.807) is 18.2 Å². The lowest BCUT2D eigenvalue weighted by molar-refractivity contribution is -0.115. The highest BCUT2D eigenvalue weighted by Crippen LogP contribution is 2.28. The lowest BCUT2D eigenvalue weighted by atomic mass is 10.1. The standard InChI is InChI=1S/C17H14FN3O2/c1-11(22)10-21-16-4-3-15(7-12(16)8-19)23-17-5-2-14(18)6-13(17)9-20/h2-8,19,21H,10H2,1H3. The Kier molecular flexibility index (Phi) is 5.05. The zero-order valence-electron chi connectivity index (χ0n) is 12.4. The minimum atomic E-state index is -0.516. The van der Waals surface area contributed by atoms with Crippen LogP contribution in [0.15, 0.2) is 36.4 Å². The van der Waals surface area contributed by atoms with Crippen LogP contribution >= 0.6 is 0 Å². The molecular formula is C17H14FN3O2. The van der Waals surface area contributed by atoms with E-state index in [1.807, 2.05) is 6.07 Å². The molecule has 2 rings (SSSR count). The van der Waals surface area contributed by atoms with E-state index in [0.29, 0.717) is 17.0 Å². The van der Waals surface area contributed by atoms with Crippen molar-refractivity contribution in [1.82, 2.24) is 0 Å². The predicted molar refractivity (Wildman–Crippen MR) is 84.7 cm³/mol. The number of hydrogen-bond donors (Lipinski definition) is 2. The molecule has 0 aliphatic heterocycles. The molecule has 0 saturated carbocycles. The van der Waals surface area contributed by atoms with Crippen molar-refractivity contribution in [2.45, 2.75) is 6.92 Å². The van der Waals surface area contributed by atoms with Gasteiger partial charge < -0.3 is 15.5 Å². The SMILES string of the molecule is CC(=O)CNc1ccc(Oc2ccc(F)cc2C#N)cc1C=N. The number of carbonyl (C=O) groups excluding carboxylic acids is 1. The number of carbonyl (C=O) groups is 1. The summed E-state index contributed by atoms with van der Waals surface area (Å²) in [6, 6.07) is 10.5. The van der Waals surface area contributed by atoms with Crippen LogP contribution in [0.2, 0.25) is 0 Å². The maximum Gasteiger partial charge on any atom is 0.148 e. The average molecular weight is 311 g/mol. The molecule has 0 unspecified atom stereocenters. The number of anilines is 1. The van der Waals surface area contributed by atoms with E-state index < -0.39 is 5.82 Å². The molecule has 0 bridgehead atoms. The lowest BCUT2D eigenvalue weighted by Gasteiger charge is -2.12. The van der Waals surface area contributed by atoms with Crippen molar-refractivity contribution in [3.63, 3.8) is 0 Å². The Labute approximate surface area is 132 Å². The Morgan fingerprint density at radius 2 is 2.17 bits per heavy atom. The van der Waals surface area contributed by atoms with Crippen molar-refractivity contribution in [3.05, 3.63) is 53.3 Å². The fourth-order valence-electron chi connectivity index (χ4n) is 1.91. The Morgan fingerprint density at radius 1 is 1.39 bits per heavy atom. The third kappa shape index (κ3) is 4.14. The first-order valence-electron chi connectivity index (χ1n) is 6.79. The van der Waals surface area contributed by atoms with Crippen molar-refractivity contribution < 1.29 is 13.9 Å². The summed E-state index contributed by atoms with van der Waals surface area (Å²) in [5.74, 6) is 0.0957. The molecule has 0 atom stereocenters. The average Bonchev–Trinajstić information content (AvgIpc) is 2.54. The predicted octanol–water partition coefficient (Wildman–Crippen LogP) is 3.49. The quantitative estimate of drug-likeness (QED) is 0.800. The van der Waals surface area contributed by atoms with Crippen molar-refractivity contribution >= 4 is 17.7 Å². The molecule has 0 amide bonds. The third-order valence-electron chi connectivity index (χ3n) is 3.00. The van der Waals surface area contributed by atoms with Gasteiger partial charge in [-0.3, -0.25) is 4.79 Å². The molecule has 2 N–H and O–H groups in total. The summed E-state index contributed by atoms with van der Waals surface area (Å²) < 4.78 is 18.7. The van der Waals surface area contributed by atoms with Gasteiger partial charge in [0.15, 0.2) is 0 Å². The van der Waals surface area contributed by atoms with Gasteiger partial charge in [0.2, 0.25) is 0 Å². The Hall–Kier alpha value is -3.20. The molecule has 0 aliphatic carbocycles. The summed E-state index contributed by atoms with van der Waals surface area (Å²) >= 11 is 0. The zero-order chi connectivity index (χ0) is 16.8. The highest BCUT2D eigenvalue weighted by molar-refractivity contribution is 5.88. The number of Topliss-reactive ketones (excluding diaryl/α,β-unsaturated/α-hetero) is 1. The molecule has 0 aliphatic rings. The van der Waals surface area contributed by atoms with Crippen LogP contribution in [0.4, 0.5) is 10.1 Å².